The molecule has 0 spiro atoms. The zero-order valence-corrected chi connectivity index (χ0v) is 16.8. The van der Waals surface area contributed by atoms with Crippen molar-refractivity contribution in [3.63, 3.8) is 0 Å². The molecule has 3 aromatic rings. The average molecular weight is 380 g/mol. The zero-order valence-electron chi connectivity index (χ0n) is 16.8. The van der Waals surface area contributed by atoms with Crippen molar-refractivity contribution in [3.05, 3.63) is 53.2 Å². The quantitative estimate of drug-likeness (QED) is 0.668. The van der Waals surface area contributed by atoms with Crippen molar-refractivity contribution in [2.45, 2.75) is 45.8 Å². The maximum Gasteiger partial charge on any atom is 0.179 e. The molecule has 1 aromatic carbocycles. The third kappa shape index (κ3) is 3.62. The predicted molar refractivity (Wildman–Crippen MR) is 110 cm³/mol. The first kappa shape index (κ1) is 18.9. The summed E-state index contributed by atoms with van der Waals surface area (Å²) in [5.41, 5.74) is 3.18. The number of Topliss-reactive ketones (excluding diaryl/α,β-unsaturated/α-hetero) is 1. The van der Waals surface area contributed by atoms with Crippen LogP contribution in [0.3, 0.4) is 0 Å². The summed E-state index contributed by atoms with van der Waals surface area (Å²) in [6.07, 6.45) is 4.98. The number of likely N-dealkylation sites (tertiary alicyclic amines) is 1. The number of carbonyl (C=O) groups excluding carboxylic acids is 1. The Morgan fingerprint density at radius 3 is 2.68 bits per heavy atom. The van der Waals surface area contributed by atoms with Crippen LogP contribution in [0.25, 0.3) is 10.9 Å². The van der Waals surface area contributed by atoms with Gasteiger partial charge in [-0.15, -0.1) is 0 Å². The number of ketones is 1. The molecule has 4 rings (SSSR count). The van der Waals surface area contributed by atoms with E-state index in [4.69, 9.17) is 0 Å². The lowest BCUT2D eigenvalue weighted by molar-refractivity contribution is -0.0331. The number of hydrogen-bond donors (Lipinski definition) is 2. The van der Waals surface area contributed by atoms with Crippen molar-refractivity contribution in [2.24, 2.45) is 0 Å². The lowest BCUT2D eigenvalue weighted by Gasteiger charge is -2.38. The summed E-state index contributed by atoms with van der Waals surface area (Å²) in [6, 6.07) is 6.16. The number of carbonyl (C=O) groups is 1. The Hall–Kier alpha value is -2.44. The lowest BCUT2D eigenvalue weighted by Crippen LogP contribution is -2.48. The molecule has 0 atom stereocenters. The van der Waals surface area contributed by atoms with Gasteiger partial charge in [-0.05, 0) is 45.2 Å². The molecule has 1 aliphatic rings. The molecule has 28 heavy (non-hydrogen) atoms. The number of aryl methyl sites for hydroxylation is 3. The van der Waals surface area contributed by atoms with Crippen LogP contribution in [0, 0.1) is 20.8 Å². The summed E-state index contributed by atoms with van der Waals surface area (Å²) in [7, 11) is 0. The summed E-state index contributed by atoms with van der Waals surface area (Å²) >= 11 is 0. The Bertz CT molecular complexity index is 1010. The first-order valence-electron chi connectivity index (χ1n) is 9.89. The molecule has 6 nitrogen and oxygen atoms in total. The smallest absolute Gasteiger partial charge is 0.179 e. The summed E-state index contributed by atoms with van der Waals surface area (Å²) in [4.78, 5) is 22.7. The highest BCUT2D eigenvalue weighted by Gasteiger charge is 2.33. The molecule has 1 fully saturated rings. The molecule has 0 bridgehead atoms. The van der Waals surface area contributed by atoms with E-state index < -0.39 is 5.60 Å². The molecule has 148 valence electrons. The van der Waals surface area contributed by atoms with E-state index in [0.29, 0.717) is 25.9 Å². The molecular weight excluding hydrogens is 352 g/mol. The summed E-state index contributed by atoms with van der Waals surface area (Å²) in [5.74, 6) is 1.06. The van der Waals surface area contributed by atoms with Gasteiger partial charge in [0, 0.05) is 47.6 Å². The van der Waals surface area contributed by atoms with Crippen molar-refractivity contribution < 1.29 is 9.90 Å². The Balaban J connectivity index is 1.42. The van der Waals surface area contributed by atoms with Crippen LogP contribution in [0.1, 0.15) is 40.3 Å². The molecule has 2 aromatic heterocycles. The Kier molecular flexibility index (Phi) is 4.85. The van der Waals surface area contributed by atoms with E-state index in [2.05, 4.69) is 27.9 Å². The number of imidazole rings is 1. The zero-order chi connectivity index (χ0) is 19.9. The number of nitrogens with one attached hydrogen (secondary N) is 1. The topological polar surface area (TPSA) is 74.2 Å². The minimum absolute atomic E-state index is 0.142. The number of fused-ring (bicyclic) bond motifs is 1. The van der Waals surface area contributed by atoms with Crippen LogP contribution < -0.4 is 0 Å². The second-order valence-electron chi connectivity index (χ2n) is 8.20. The minimum atomic E-state index is -0.737. The van der Waals surface area contributed by atoms with Crippen molar-refractivity contribution in [2.75, 3.05) is 19.6 Å². The van der Waals surface area contributed by atoms with Crippen LogP contribution >= 0.6 is 0 Å². The molecule has 0 radical (unpaired) electrons. The molecule has 0 aliphatic carbocycles. The van der Waals surface area contributed by atoms with Gasteiger partial charge < -0.3 is 14.7 Å². The first-order valence-corrected chi connectivity index (χ1v) is 9.89. The van der Waals surface area contributed by atoms with Crippen LogP contribution in [0.15, 0.2) is 30.6 Å². The Labute approximate surface area is 165 Å². The SMILES string of the molecule is Cc1ccc2c(C(=O)CN3CCC(O)(Cn4ccnc4C)CC3)c(C)[nH]c2c1. The molecule has 0 amide bonds. The van der Waals surface area contributed by atoms with Gasteiger partial charge >= 0.3 is 0 Å². The fraction of sp³-hybridized carbons (Fsp3) is 0.455. The Morgan fingerprint density at radius 2 is 2.00 bits per heavy atom. The number of aliphatic hydroxyl groups is 1. The Morgan fingerprint density at radius 1 is 1.25 bits per heavy atom. The van der Waals surface area contributed by atoms with Gasteiger partial charge in [-0.25, -0.2) is 4.98 Å². The number of aromatic nitrogens is 3. The van der Waals surface area contributed by atoms with E-state index in [1.54, 1.807) is 6.20 Å². The average Bonchev–Trinajstić information content (AvgIpc) is 3.18. The molecular formula is C22H28N4O2. The van der Waals surface area contributed by atoms with Crippen LogP contribution in [-0.4, -0.2) is 55.6 Å². The summed E-state index contributed by atoms with van der Waals surface area (Å²) < 4.78 is 2.00. The van der Waals surface area contributed by atoms with E-state index in [9.17, 15) is 9.90 Å². The van der Waals surface area contributed by atoms with Crippen molar-refractivity contribution in [1.29, 1.82) is 0 Å². The van der Waals surface area contributed by atoms with E-state index >= 15 is 0 Å². The summed E-state index contributed by atoms with van der Waals surface area (Å²) in [5, 5.41) is 11.9. The number of rotatable bonds is 5. The van der Waals surface area contributed by atoms with Gasteiger partial charge in [-0.1, -0.05) is 12.1 Å². The number of piperidine rings is 1. The van der Waals surface area contributed by atoms with Crippen LogP contribution in [-0.2, 0) is 6.54 Å². The predicted octanol–water partition coefficient (Wildman–Crippen LogP) is 3.00. The van der Waals surface area contributed by atoms with Crippen LogP contribution in [0.5, 0.6) is 0 Å². The van der Waals surface area contributed by atoms with E-state index in [-0.39, 0.29) is 5.78 Å². The van der Waals surface area contributed by atoms with Crippen molar-refractivity contribution in [1.82, 2.24) is 19.4 Å². The highest BCUT2D eigenvalue weighted by molar-refractivity contribution is 6.10. The third-order valence-electron chi connectivity index (χ3n) is 5.96. The molecule has 1 aliphatic heterocycles. The van der Waals surface area contributed by atoms with Gasteiger partial charge in [0.2, 0.25) is 0 Å². The number of aromatic amines is 1. The third-order valence-corrected chi connectivity index (χ3v) is 5.96. The second kappa shape index (κ2) is 7.18. The molecule has 0 unspecified atom stereocenters. The van der Waals surface area contributed by atoms with Crippen molar-refractivity contribution >= 4 is 16.7 Å². The van der Waals surface area contributed by atoms with E-state index in [1.165, 1.54) is 5.56 Å². The molecule has 1 saturated heterocycles. The maximum atomic E-state index is 13.0. The first-order chi connectivity index (χ1) is 13.3. The van der Waals surface area contributed by atoms with Gasteiger partial charge in [0.15, 0.2) is 5.78 Å². The molecule has 6 heteroatoms. The normalized spacial score (nSPS) is 17.3. The van der Waals surface area contributed by atoms with Gasteiger partial charge in [0.1, 0.15) is 5.82 Å². The summed E-state index contributed by atoms with van der Waals surface area (Å²) in [6.45, 7) is 8.35. The molecule has 2 N–H and O–H groups in total. The van der Waals surface area contributed by atoms with Crippen molar-refractivity contribution in [3.8, 4) is 0 Å². The number of benzene rings is 1. The number of H-pyrrole nitrogens is 1. The number of hydrogen-bond acceptors (Lipinski definition) is 4. The fourth-order valence-corrected chi connectivity index (χ4v) is 4.26. The lowest BCUT2D eigenvalue weighted by atomic mass is 9.91. The minimum Gasteiger partial charge on any atom is -0.388 e. The van der Waals surface area contributed by atoms with Crippen LogP contribution in [0.4, 0.5) is 0 Å². The maximum absolute atomic E-state index is 13.0. The van der Waals surface area contributed by atoms with Gasteiger partial charge in [-0.3, -0.25) is 9.69 Å². The second-order valence-corrected chi connectivity index (χ2v) is 8.20. The van der Waals surface area contributed by atoms with Crippen LogP contribution in [0.2, 0.25) is 0 Å². The largest absolute Gasteiger partial charge is 0.388 e. The van der Waals surface area contributed by atoms with Gasteiger partial charge in [0.25, 0.3) is 0 Å². The van der Waals surface area contributed by atoms with E-state index in [0.717, 1.165) is 41.1 Å². The van der Waals surface area contributed by atoms with Gasteiger partial charge in [-0.2, -0.15) is 0 Å². The van der Waals surface area contributed by atoms with Gasteiger partial charge in [0.05, 0.1) is 18.7 Å². The fourth-order valence-electron chi connectivity index (χ4n) is 4.26. The molecule has 3 heterocycles. The standard InChI is InChI=1S/C22H28N4O2/c1-15-4-5-18-19(12-15)24-16(2)21(18)20(27)13-25-9-6-22(28,7-10-25)14-26-11-8-23-17(26)3/h4-5,8,11-12,24,28H,6-7,9-10,13-14H2,1-3H3. The monoisotopic (exact) mass is 380 g/mol. The van der Waals surface area contributed by atoms with E-state index in [1.807, 2.05) is 36.7 Å². The highest BCUT2D eigenvalue weighted by atomic mass is 16.3. The number of nitrogens with zero attached hydrogens (tertiary/aromatic N) is 3. The molecule has 0 saturated carbocycles. The highest BCUT2D eigenvalue weighted by Crippen LogP contribution is 2.27.